The largest absolute Gasteiger partial charge is 0.344 e. The highest BCUT2D eigenvalue weighted by molar-refractivity contribution is 6.22. The van der Waals surface area contributed by atoms with E-state index >= 15 is 0 Å². The first kappa shape index (κ1) is 35.6. The van der Waals surface area contributed by atoms with Crippen LogP contribution in [0.1, 0.15) is 22.9 Å². The van der Waals surface area contributed by atoms with Crippen molar-refractivity contribution >= 4 is 55.3 Å². The maximum Gasteiger partial charge on any atom is 0.159 e. The minimum atomic E-state index is -0.435. The van der Waals surface area contributed by atoms with Crippen LogP contribution in [0.15, 0.2) is 234 Å². The summed E-state index contributed by atoms with van der Waals surface area (Å²) in [5.41, 5.74) is 14.5. The molecule has 0 saturated heterocycles. The molecule has 1 N–H and O–H groups in total. The van der Waals surface area contributed by atoms with Crippen LogP contribution in [-0.2, 0) is 0 Å². The van der Waals surface area contributed by atoms with Gasteiger partial charge in [0.1, 0.15) is 12.0 Å². The number of hydrogen-bond acceptors (Lipinski definition) is 3. The van der Waals surface area contributed by atoms with E-state index in [2.05, 4.69) is 221 Å². The number of hydrogen-bond donors (Lipinski definition) is 1. The number of rotatable bonds is 7. The van der Waals surface area contributed by atoms with E-state index in [1.54, 1.807) is 0 Å². The zero-order valence-corrected chi connectivity index (χ0v) is 33.7. The molecular weight excluding hydrogens is 755 g/mol. The number of aliphatic imine (C=N–C) groups is 2. The van der Waals surface area contributed by atoms with Gasteiger partial charge in [-0.3, -0.25) is 0 Å². The number of nitrogens with one attached hydrogen (secondary N) is 1. The van der Waals surface area contributed by atoms with Gasteiger partial charge in [-0.15, -0.1) is 0 Å². The van der Waals surface area contributed by atoms with Gasteiger partial charge in [0.25, 0.3) is 0 Å². The molecule has 12 rings (SSSR count). The van der Waals surface area contributed by atoms with Crippen molar-refractivity contribution in [1.82, 2.24) is 14.5 Å². The summed E-state index contributed by atoms with van der Waals surface area (Å²) in [6.07, 6.45) is -0.435. The molecule has 0 spiro atoms. The lowest BCUT2D eigenvalue weighted by Crippen LogP contribution is -2.34. The van der Waals surface area contributed by atoms with Crippen LogP contribution < -0.4 is 5.32 Å². The Labute approximate surface area is 359 Å². The van der Waals surface area contributed by atoms with Crippen molar-refractivity contribution in [1.29, 1.82) is 0 Å². The lowest BCUT2D eigenvalue weighted by atomic mass is 9.95. The molecule has 1 unspecified atom stereocenters. The van der Waals surface area contributed by atoms with Gasteiger partial charge >= 0.3 is 0 Å². The summed E-state index contributed by atoms with van der Waals surface area (Å²) in [4.78, 5) is 10.6. The zero-order valence-electron chi connectivity index (χ0n) is 33.7. The zero-order chi connectivity index (χ0) is 41.0. The Morgan fingerprint density at radius 3 is 1.53 bits per heavy atom. The summed E-state index contributed by atoms with van der Waals surface area (Å²) >= 11 is 0. The fourth-order valence-electron chi connectivity index (χ4n) is 9.55. The van der Waals surface area contributed by atoms with Crippen molar-refractivity contribution in [3.05, 3.63) is 241 Å². The van der Waals surface area contributed by atoms with Crippen LogP contribution in [0.5, 0.6) is 0 Å². The van der Waals surface area contributed by atoms with Crippen LogP contribution >= 0.6 is 0 Å². The van der Waals surface area contributed by atoms with E-state index < -0.39 is 6.17 Å². The SMILES string of the molecule is c1ccc(C2=NC(c3ccccc3-n3c4ccccc4c4c(-c5cccc6c5c5ccccc5n6-c5ccccc5)cccc43)NC(c3ccccc3-c3ccccc3)=N2)cc1. The van der Waals surface area contributed by atoms with Crippen molar-refractivity contribution in [3.8, 4) is 33.6 Å². The van der Waals surface area contributed by atoms with E-state index in [9.17, 15) is 0 Å². The smallest absolute Gasteiger partial charge is 0.159 e. The molecule has 62 heavy (non-hydrogen) atoms. The molecule has 1 aliphatic rings. The van der Waals surface area contributed by atoms with E-state index in [0.717, 1.165) is 56.1 Å². The van der Waals surface area contributed by atoms with Crippen LogP contribution in [0.4, 0.5) is 0 Å². The number of nitrogens with zero attached hydrogens (tertiary/aromatic N) is 4. The summed E-state index contributed by atoms with van der Waals surface area (Å²) in [5, 5.41) is 8.72. The van der Waals surface area contributed by atoms with Crippen LogP contribution in [0.3, 0.4) is 0 Å². The van der Waals surface area contributed by atoms with Gasteiger partial charge in [0, 0.05) is 43.9 Å². The first-order chi connectivity index (χ1) is 30.8. The van der Waals surface area contributed by atoms with E-state index in [-0.39, 0.29) is 0 Å². The predicted molar refractivity (Wildman–Crippen MR) is 258 cm³/mol. The van der Waals surface area contributed by atoms with Gasteiger partial charge in [-0.2, -0.15) is 0 Å². The molecule has 0 bridgehead atoms. The number of benzene rings is 9. The highest BCUT2D eigenvalue weighted by Crippen LogP contribution is 2.44. The van der Waals surface area contributed by atoms with Crippen molar-refractivity contribution in [2.75, 3.05) is 0 Å². The normalized spacial score (nSPS) is 14.0. The standard InChI is InChI=1S/C57H39N5/c1-4-20-38(21-5-1)41-26-10-11-27-44(41)56-58-55(39-22-6-2-7-23-39)59-57(60-56)47-30-14-17-35-50(47)62-49-34-16-13-29-46(49)54-43(32-19-37-52(54)62)42-31-18-36-51-53(42)45-28-12-15-33-48(45)61(51)40-24-8-3-9-25-40/h1-37,57H,(H,58,59,60). The second-order valence-corrected chi connectivity index (χ2v) is 15.7. The van der Waals surface area contributed by atoms with Gasteiger partial charge in [0.15, 0.2) is 5.84 Å². The Balaban J connectivity index is 1.07. The van der Waals surface area contributed by atoms with Crippen LogP contribution in [0, 0.1) is 0 Å². The third kappa shape index (κ3) is 5.78. The van der Waals surface area contributed by atoms with Crippen molar-refractivity contribution in [3.63, 3.8) is 0 Å². The van der Waals surface area contributed by atoms with E-state index in [1.807, 2.05) is 18.2 Å². The lowest BCUT2D eigenvalue weighted by Gasteiger charge is -2.26. The Kier molecular flexibility index (Phi) is 8.49. The highest BCUT2D eigenvalue weighted by atomic mass is 15.2. The second-order valence-electron chi connectivity index (χ2n) is 15.7. The minimum Gasteiger partial charge on any atom is -0.344 e. The molecule has 0 saturated carbocycles. The maximum absolute atomic E-state index is 5.39. The van der Waals surface area contributed by atoms with Gasteiger partial charge in [0.2, 0.25) is 0 Å². The minimum absolute atomic E-state index is 0.435. The number of aromatic nitrogens is 2. The van der Waals surface area contributed by atoms with Gasteiger partial charge in [0.05, 0.1) is 27.8 Å². The number of fused-ring (bicyclic) bond motifs is 6. The molecule has 292 valence electrons. The Morgan fingerprint density at radius 1 is 0.371 bits per heavy atom. The molecule has 9 aromatic carbocycles. The van der Waals surface area contributed by atoms with E-state index in [1.165, 1.54) is 43.7 Å². The van der Waals surface area contributed by atoms with Gasteiger partial charge in [-0.1, -0.05) is 182 Å². The molecule has 5 nitrogen and oxygen atoms in total. The van der Waals surface area contributed by atoms with Gasteiger partial charge in [-0.05, 0) is 64.7 Å². The lowest BCUT2D eigenvalue weighted by molar-refractivity contribution is 0.671. The fourth-order valence-corrected chi connectivity index (χ4v) is 9.55. The van der Waals surface area contributed by atoms with Crippen LogP contribution in [0.2, 0.25) is 0 Å². The molecule has 0 fully saturated rings. The van der Waals surface area contributed by atoms with Crippen LogP contribution in [0.25, 0.3) is 77.2 Å². The summed E-state index contributed by atoms with van der Waals surface area (Å²) in [6.45, 7) is 0. The molecule has 2 aromatic heterocycles. The maximum atomic E-state index is 5.39. The molecule has 11 aromatic rings. The van der Waals surface area contributed by atoms with Crippen molar-refractivity contribution in [2.24, 2.45) is 9.98 Å². The Morgan fingerprint density at radius 2 is 0.855 bits per heavy atom. The van der Waals surface area contributed by atoms with E-state index in [4.69, 9.17) is 9.98 Å². The molecule has 0 amide bonds. The predicted octanol–water partition coefficient (Wildman–Crippen LogP) is 13.7. The second kappa shape index (κ2) is 14.8. The summed E-state index contributed by atoms with van der Waals surface area (Å²) < 4.78 is 4.82. The Hall–Kier alpha value is -8.28. The Bertz CT molecular complexity index is 3540. The van der Waals surface area contributed by atoms with Gasteiger partial charge < -0.3 is 14.5 Å². The summed E-state index contributed by atoms with van der Waals surface area (Å²) in [7, 11) is 0. The van der Waals surface area contributed by atoms with Crippen LogP contribution in [-0.4, -0.2) is 20.8 Å². The highest BCUT2D eigenvalue weighted by Gasteiger charge is 2.27. The molecule has 5 heteroatoms. The third-order valence-corrected chi connectivity index (χ3v) is 12.2. The first-order valence-corrected chi connectivity index (χ1v) is 21.1. The first-order valence-electron chi connectivity index (χ1n) is 21.1. The monoisotopic (exact) mass is 793 g/mol. The average Bonchev–Trinajstić information content (AvgIpc) is 3.88. The quantitative estimate of drug-likeness (QED) is 0.172. The molecular formula is C57H39N5. The van der Waals surface area contributed by atoms with Crippen molar-refractivity contribution < 1.29 is 0 Å². The number of amidine groups is 2. The fraction of sp³-hybridized carbons (Fsp3) is 0.0175. The molecule has 0 radical (unpaired) electrons. The topological polar surface area (TPSA) is 46.6 Å². The molecule has 1 aliphatic heterocycles. The summed E-state index contributed by atoms with van der Waals surface area (Å²) in [6, 6.07) is 79.8. The summed E-state index contributed by atoms with van der Waals surface area (Å²) in [5.74, 6) is 1.47. The van der Waals surface area contributed by atoms with Gasteiger partial charge in [-0.25, -0.2) is 9.98 Å². The number of para-hydroxylation sites is 4. The molecule has 0 aliphatic carbocycles. The molecule has 1 atom stereocenters. The third-order valence-electron chi connectivity index (χ3n) is 12.2. The van der Waals surface area contributed by atoms with Crippen molar-refractivity contribution in [2.45, 2.75) is 6.17 Å². The average molecular weight is 794 g/mol. The molecule has 3 heterocycles. The van der Waals surface area contributed by atoms with E-state index in [0.29, 0.717) is 5.84 Å².